The zero-order valence-electron chi connectivity index (χ0n) is 13.8. The summed E-state index contributed by atoms with van der Waals surface area (Å²) in [6.07, 6.45) is 4.76. The molecule has 0 aliphatic heterocycles. The molecule has 1 rings (SSSR count). The van der Waals surface area contributed by atoms with Crippen LogP contribution < -0.4 is 10.6 Å². The van der Waals surface area contributed by atoms with E-state index in [1.165, 1.54) is 6.42 Å². The van der Waals surface area contributed by atoms with Gasteiger partial charge in [-0.05, 0) is 33.1 Å². The molecule has 1 aliphatic rings. The molecule has 0 saturated heterocycles. The van der Waals surface area contributed by atoms with Crippen molar-refractivity contribution >= 4 is 12.0 Å². The van der Waals surface area contributed by atoms with Crippen LogP contribution in [0, 0.1) is 17.2 Å². The van der Waals surface area contributed by atoms with E-state index < -0.39 is 23.6 Å². The van der Waals surface area contributed by atoms with E-state index in [9.17, 15) is 9.59 Å². The fourth-order valence-corrected chi connectivity index (χ4v) is 2.64. The van der Waals surface area contributed by atoms with Crippen LogP contribution in [0.2, 0.25) is 0 Å². The number of hydrogen-bond donors (Lipinski definition) is 2. The summed E-state index contributed by atoms with van der Waals surface area (Å²) in [5, 5.41) is 13.7. The van der Waals surface area contributed by atoms with Gasteiger partial charge in [-0.1, -0.05) is 32.1 Å². The first-order valence-corrected chi connectivity index (χ1v) is 7.95. The number of rotatable bonds is 5. The quantitative estimate of drug-likeness (QED) is 0.763. The molecule has 0 bridgehead atoms. The number of nitrogens with zero attached hydrogens (tertiary/aromatic N) is 1. The van der Waals surface area contributed by atoms with Crippen LogP contribution in [0.5, 0.6) is 0 Å². The van der Waals surface area contributed by atoms with E-state index >= 15 is 0 Å². The summed E-state index contributed by atoms with van der Waals surface area (Å²) in [6, 6.07) is 1.86. The first-order valence-electron chi connectivity index (χ1n) is 7.95. The molecule has 0 spiro atoms. The van der Waals surface area contributed by atoms with Gasteiger partial charge in [0.05, 0.1) is 6.07 Å². The van der Waals surface area contributed by atoms with Gasteiger partial charge in [-0.15, -0.1) is 0 Å². The Balaban J connectivity index is 2.62. The number of amides is 2. The Kier molecular flexibility index (Phi) is 7.16. The normalized spacial score (nSPS) is 17.2. The van der Waals surface area contributed by atoms with Gasteiger partial charge in [0, 0.05) is 5.54 Å². The molecule has 1 aliphatic carbocycles. The minimum absolute atomic E-state index is 0.0791. The lowest BCUT2D eigenvalue weighted by Crippen LogP contribution is -2.46. The summed E-state index contributed by atoms with van der Waals surface area (Å²) in [7, 11) is 0. The highest BCUT2D eigenvalue weighted by Gasteiger charge is 2.28. The van der Waals surface area contributed by atoms with Gasteiger partial charge >= 0.3 is 6.09 Å². The molecule has 1 saturated carbocycles. The van der Waals surface area contributed by atoms with E-state index in [0.29, 0.717) is 12.3 Å². The third-order valence-electron chi connectivity index (χ3n) is 3.63. The van der Waals surface area contributed by atoms with Crippen LogP contribution in [0.1, 0.15) is 59.3 Å². The lowest BCUT2D eigenvalue weighted by molar-refractivity contribution is -0.130. The maximum atomic E-state index is 12.1. The molecule has 2 amide bonds. The third-order valence-corrected chi connectivity index (χ3v) is 3.63. The molecule has 22 heavy (non-hydrogen) atoms. The van der Waals surface area contributed by atoms with Crippen molar-refractivity contribution < 1.29 is 14.3 Å². The topological polar surface area (TPSA) is 91.2 Å². The average Bonchev–Trinajstić information content (AvgIpc) is 2.43. The maximum Gasteiger partial charge on any atom is 0.408 e. The molecule has 124 valence electrons. The second kappa shape index (κ2) is 8.62. The van der Waals surface area contributed by atoms with E-state index in [1.54, 1.807) is 0 Å². The largest absolute Gasteiger partial charge is 0.436 e. The highest BCUT2D eigenvalue weighted by molar-refractivity contribution is 5.83. The average molecular weight is 309 g/mol. The second-order valence-corrected chi connectivity index (χ2v) is 6.88. The molecular formula is C16H27N3O3. The molecule has 0 aromatic carbocycles. The number of hydrogen-bond acceptors (Lipinski definition) is 4. The predicted octanol–water partition coefficient (Wildman–Crippen LogP) is 2.49. The minimum Gasteiger partial charge on any atom is -0.436 e. The summed E-state index contributed by atoms with van der Waals surface area (Å²) in [4.78, 5) is 24.0. The molecule has 6 heteroatoms. The maximum absolute atomic E-state index is 12.1. The molecule has 1 atom stereocenters. The first-order chi connectivity index (χ1) is 10.3. The van der Waals surface area contributed by atoms with E-state index in [-0.39, 0.29) is 6.54 Å². The number of ether oxygens (including phenoxy) is 1. The van der Waals surface area contributed by atoms with Crippen LogP contribution in [0.25, 0.3) is 0 Å². The van der Waals surface area contributed by atoms with Crippen molar-refractivity contribution in [3.63, 3.8) is 0 Å². The summed E-state index contributed by atoms with van der Waals surface area (Å²) < 4.78 is 5.32. The van der Waals surface area contributed by atoms with Gasteiger partial charge in [0.2, 0.25) is 0 Å². The number of nitrogens with one attached hydrogen (secondary N) is 2. The Hall–Kier alpha value is -1.77. The van der Waals surface area contributed by atoms with Crippen molar-refractivity contribution in [1.82, 2.24) is 10.6 Å². The predicted molar refractivity (Wildman–Crippen MR) is 83.0 cm³/mol. The van der Waals surface area contributed by atoms with Crippen molar-refractivity contribution in [3.8, 4) is 6.07 Å². The summed E-state index contributed by atoms with van der Waals surface area (Å²) >= 11 is 0. The van der Waals surface area contributed by atoms with Crippen molar-refractivity contribution in [2.24, 2.45) is 5.92 Å². The Morgan fingerprint density at radius 1 is 1.27 bits per heavy atom. The smallest absolute Gasteiger partial charge is 0.408 e. The fraction of sp³-hybridized carbons (Fsp3) is 0.812. The molecule has 1 fully saturated rings. The Morgan fingerprint density at radius 2 is 1.91 bits per heavy atom. The number of carbonyl (C=O) groups is 2. The molecular weight excluding hydrogens is 282 g/mol. The highest BCUT2D eigenvalue weighted by atomic mass is 16.6. The van der Waals surface area contributed by atoms with Gasteiger partial charge in [-0.2, -0.15) is 5.26 Å². The minimum atomic E-state index is -0.834. The standard InChI is InChI=1S/C16H27N3O3/c1-16(2,3)19-15(21)22-13(14(20)18-10-9-17)11-12-7-5-4-6-8-12/h12-13H,4-8,10-11H2,1-3H3,(H,18,20)(H,19,21). The summed E-state index contributed by atoms with van der Waals surface area (Å²) in [5.41, 5.74) is -0.421. The van der Waals surface area contributed by atoms with Gasteiger partial charge in [0.25, 0.3) is 5.91 Å². The zero-order valence-corrected chi connectivity index (χ0v) is 13.8. The Morgan fingerprint density at radius 3 is 2.45 bits per heavy atom. The monoisotopic (exact) mass is 309 g/mol. The van der Waals surface area contributed by atoms with Crippen molar-refractivity contribution in [3.05, 3.63) is 0 Å². The molecule has 0 radical (unpaired) electrons. The zero-order chi connectivity index (χ0) is 16.6. The third kappa shape index (κ3) is 7.30. The van der Waals surface area contributed by atoms with E-state index in [1.807, 2.05) is 26.8 Å². The molecule has 1 unspecified atom stereocenters. The van der Waals surface area contributed by atoms with Gasteiger partial charge in [0.15, 0.2) is 6.10 Å². The van der Waals surface area contributed by atoms with Gasteiger partial charge in [-0.3, -0.25) is 4.79 Å². The van der Waals surface area contributed by atoms with Crippen LogP contribution in [-0.2, 0) is 9.53 Å². The van der Waals surface area contributed by atoms with Crippen LogP contribution in [0.15, 0.2) is 0 Å². The second-order valence-electron chi connectivity index (χ2n) is 6.88. The van der Waals surface area contributed by atoms with Crippen molar-refractivity contribution in [1.29, 1.82) is 5.26 Å². The lowest BCUT2D eigenvalue weighted by atomic mass is 9.85. The number of alkyl carbamates (subject to hydrolysis) is 1. The summed E-state index contributed by atoms with van der Waals surface area (Å²) in [6.45, 7) is 5.46. The highest BCUT2D eigenvalue weighted by Crippen LogP contribution is 2.28. The van der Waals surface area contributed by atoms with Crippen LogP contribution in [0.3, 0.4) is 0 Å². The SMILES string of the molecule is CC(C)(C)NC(=O)OC(CC1CCCCC1)C(=O)NCC#N. The number of carbonyl (C=O) groups excluding carboxylic acids is 2. The molecule has 2 N–H and O–H groups in total. The van der Waals surface area contributed by atoms with E-state index in [4.69, 9.17) is 10.00 Å². The van der Waals surface area contributed by atoms with Crippen LogP contribution >= 0.6 is 0 Å². The Bertz CT molecular complexity index is 417. The van der Waals surface area contributed by atoms with Crippen LogP contribution in [0.4, 0.5) is 4.79 Å². The molecule has 0 heterocycles. The van der Waals surface area contributed by atoms with E-state index in [2.05, 4.69) is 10.6 Å². The van der Waals surface area contributed by atoms with Gasteiger partial charge in [-0.25, -0.2) is 4.79 Å². The molecule has 6 nitrogen and oxygen atoms in total. The van der Waals surface area contributed by atoms with Crippen LogP contribution in [-0.4, -0.2) is 30.2 Å². The summed E-state index contributed by atoms with van der Waals surface area (Å²) in [5.74, 6) is 0.00482. The molecule has 0 aromatic rings. The fourth-order valence-electron chi connectivity index (χ4n) is 2.64. The van der Waals surface area contributed by atoms with Crippen molar-refractivity contribution in [2.75, 3.05) is 6.54 Å². The van der Waals surface area contributed by atoms with Gasteiger partial charge < -0.3 is 15.4 Å². The number of nitriles is 1. The first kappa shape index (κ1) is 18.3. The van der Waals surface area contributed by atoms with Crippen molar-refractivity contribution in [2.45, 2.75) is 70.9 Å². The molecule has 0 aromatic heterocycles. The lowest BCUT2D eigenvalue weighted by Gasteiger charge is -2.27. The Labute approximate surface area is 132 Å². The van der Waals surface area contributed by atoms with E-state index in [0.717, 1.165) is 25.7 Å². The van der Waals surface area contributed by atoms with Gasteiger partial charge in [0.1, 0.15) is 6.54 Å².